The highest BCUT2D eigenvalue weighted by molar-refractivity contribution is 5.94. The third-order valence-electron chi connectivity index (χ3n) is 2.12. The number of hydrogen-bond acceptors (Lipinski definition) is 3. The molecule has 0 amide bonds. The minimum Gasteiger partial charge on any atom is -0.457 e. The summed E-state index contributed by atoms with van der Waals surface area (Å²) in [5.74, 6) is -0.559. The summed E-state index contributed by atoms with van der Waals surface area (Å²) in [5.41, 5.74) is 0.360. The molecule has 86 valence electrons. The van der Waals surface area contributed by atoms with Crippen molar-refractivity contribution in [3.63, 3.8) is 0 Å². The van der Waals surface area contributed by atoms with Gasteiger partial charge in [-0.25, -0.2) is 0 Å². The van der Waals surface area contributed by atoms with E-state index in [-0.39, 0.29) is 23.6 Å². The second-order valence-corrected chi connectivity index (χ2v) is 4.34. The Morgan fingerprint density at radius 1 is 1.13 bits per heavy atom. The molecule has 1 unspecified atom stereocenters. The maximum atomic E-state index is 11.4. The SMILES string of the molecule is C=C(C(C)=O)C(OC(=O)C(C)C)C(C)C. The molecule has 0 bridgehead atoms. The van der Waals surface area contributed by atoms with Gasteiger partial charge in [0.25, 0.3) is 0 Å². The fourth-order valence-electron chi connectivity index (χ4n) is 1.07. The van der Waals surface area contributed by atoms with Crippen LogP contribution in [0.1, 0.15) is 34.6 Å². The predicted molar refractivity (Wildman–Crippen MR) is 59.4 cm³/mol. The zero-order valence-electron chi connectivity index (χ0n) is 10.2. The molecule has 0 saturated heterocycles. The Bertz CT molecular complexity index is 264. The first-order chi connectivity index (χ1) is 6.77. The molecule has 3 nitrogen and oxygen atoms in total. The standard InChI is InChI=1S/C12H20O3/c1-7(2)11(9(5)10(6)13)15-12(14)8(3)4/h7-8,11H,5H2,1-4,6H3. The minimum atomic E-state index is -0.502. The number of carbonyl (C=O) groups excluding carboxylic acids is 2. The molecule has 0 saturated carbocycles. The highest BCUT2D eigenvalue weighted by Crippen LogP contribution is 2.17. The molecule has 3 heteroatoms. The molecule has 0 N–H and O–H groups in total. The second kappa shape index (κ2) is 5.69. The molecule has 0 aromatic rings. The fraction of sp³-hybridized carbons (Fsp3) is 0.667. The van der Waals surface area contributed by atoms with Crippen LogP contribution >= 0.6 is 0 Å². The Balaban J connectivity index is 4.63. The number of Topliss-reactive ketones (excluding diaryl/α,β-unsaturated/α-hetero) is 1. The summed E-state index contributed by atoms with van der Waals surface area (Å²) >= 11 is 0. The monoisotopic (exact) mass is 212 g/mol. The average molecular weight is 212 g/mol. The van der Waals surface area contributed by atoms with Gasteiger partial charge < -0.3 is 4.74 Å². The summed E-state index contributed by atoms with van der Waals surface area (Å²) in [6.07, 6.45) is -0.502. The number of carbonyl (C=O) groups is 2. The molecule has 15 heavy (non-hydrogen) atoms. The third-order valence-corrected chi connectivity index (χ3v) is 2.12. The van der Waals surface area contributed by atoms with Crippen LogP contribution in [-0.2, 0) is 14.3 Å². The number of ether oxygens (including phenoxy) is 1. The quantitative estimate of drug-likeness (QED) is 0.519. The normalized spacial score (nSPS) is 12.7. The zero-order chi connectivity index (χ0) is 12.2. The largest absolute Gasteiger partial charge is 0.457 e. The molecule has 0 heterocycles. The molecule has 0 aliphatic rings. The van der Waals surface area contributed by atoms with Crippen molar-refractivity contribution in [2.45, 2.75) is 40.7 Å². The van der Waals surface area contributed by atoms with E-state index in [2.05, 4.69) is 6.58 Å². The zero-order valence-corrected chi connectivity index (χ0v) is 10.2. The predicted octanol–water partition coefficient (Wildman–Crippen LogP) is 2.36. The highest BCUT2D eigenvalue weighted by Gasteiger charge is 2.24. The van der Waals surface area contributed by atoms with Crippen LogP contribution < -0.4 is 0 Å². The van der Waals surface area contributed by atoms with Crippen molar-refractivity contribution in [2.24, 2.45) is 11.8 Å². The van der Waals surface area contributed by atoms with E-state index in [0.717, 1.165) is 0 Å². The lowest BCUT2D eigenvalue weighted by atomic mass is 9.97. The van der Waals surface area contributed by atoms with Crippen LogP contribution in [0.4, 0.5) is 0 Å². The molecular formula is C12H20O3. The van der Waals surface area contributed by atoms with Crippen molar-refractivity contribution in [2.75, 3.05) is 0 Å². The Morgan fingerprint density at radius 3 is 1.87 bits per heavy atom. The van der Waals surface area contributed by atoms with Crippen molar-refractivity contribution in [3.05, 3.63) is 12.2 Å². The highest BCUT2D eigenvalue weighted by atomic mass is 16.5. The van der Waals surface area contributed by atoms with Crippen molar-refractivity contribution in [3.8, 4) is 0 Å². The number of esters is 1. The van der Waals surface area contributed by atoms with Gasteiger partial charge in [-0.3, -0.25) is 9.59 Å². The third kappa shape index (κ3) is 4.28. The van der Waals surface area contributed by atoms with E-state index in [1.807, 2.05) is 13.8 Å². The molecule has 0 fully saturated rings. The van der Waals surface area contributed by atoms with Crippen LogP contribution in [0, 0.1) is 11.8 Å². The Morgan fingerprint density at radius 2 is 1.60 bits per heavy atom. The van der Waals surface area contributed by atoms with Gasteiger partial charge >= 0.3 is 5.97 Å². The van der Waals surface area contributed by atoms with Crippen LogP contribution in [0.25, 0.3) is 0 Å². The molecule has 0 aliphatic heterocycles. The lowest BCUT2D eigenvalue weighted by Crippen LogP contribution is -2.29. The summed E-state index contributed by atoms with van der Waals surface area (Å²) in [5, 5.41) is 0. The van der Waals surface area contributed by atoms with Gasteiger partial charge in [0.15, 0.2) is 5.78 Å². The minimum absolute atomic E-state index is 0.0594. The number of hydrogen-bond donors (Lipinski definition) is 0. The topological polar surface area (TPSA) is 43.4 Å². The average Bonchev–Trinajstić information content (AvgIpc) is 2.11. The van der Waals surface area contributed by atoms with Crippen LogP contribution in [0.3, 0.4) is 0 Å². The number of rotatable bonds is 5. The van der Waals surface area contributed by atoms with E-state index in [1.54, 1.807) is 13.8 Å². The van der Waals surface area contributed by atoms with Crippen LogP contribution in [-0.4, -0.2) is 17.9 Å². The molecule has 0 spiro atoms. The summed E-state index contributed by atoms with van der Waals surface area (Å²) in [7, 11) is 0. The van der Waals surface area contributed by atoms with Gasteiger partial charge in [-0.1, -0.05) is 34.3 Å². The smallest absolute Gasteiger partial charge is 0.308 e. The fourth-order valence-corrected chi connectivity index (χ4v) is 1.07. The van der Waals surface area contributed by atoms with Crippen molar-refractivity contribution in [1.82, 2.24) is 0 Å². The Kier molecular flexibility index (Phi) is 5.26. The molecule has 1 atom stereocenters. The summed E-state index contributed by atoms with van der Waals surface area (Å²) < 4.78 is 5.24. The van der Waals surface area contributed by atoms with E-state index in [0.29, 0.717) is 5.57 Å². The first-order valence-electron chi connectivity index (χ1n) is 5.17. The molecule has 0 aromatic carbocycles. The van der Waals surface area contributed by atoms with Gasteiger partial charge in [-0.2, -0.15) is 0 Å². The van der Waals surface area contributed by atoms with E-state index in [9.17, 15) is 9.59 Å². The number of ketones is 1. The van der Waals surface area contributed by atoms with Crippen molar-refractivity contribution >= 4 is 11.8 Å². The van der Waals surface area contributed by atoms with E-state index < -0.39 is 6.10 Å². The lowest BCUT2D eigenvalue weighted by Gasteiger charge is -2.23. The Hall–Kier alpha value is -1.12. The molecule has 0 aromatic heterocycles. The summed E-state index contributed by atoms with van der Waals surface area (Å²) in [6, 6.07) is 0. The van der Waals surface area contributed by atoms with Crippen LogP contribution in [0.2, 0.25) is 0 Å². The lowest BCUT2D eigenvalue weighted by molar-refractivity contribution is -0.153. The molecular weight excluding hydrogens is 192 g/mol. The first-order valence-corrected chi connectivity index (χ1v) is 5.17. The van der Waals surface area contributed by atoms with Gasteiger partial charge in [-0.05, 0) is 12.8 Å². The molecule has 0 aliphatic carbocycles. The van der Waals surface area contributed by atoms with Crippen LogP contribution in [0.15, 0.2) is 12.2 Å². The van der Waals surface area contributed by atoms with Gasteiger partial charge in [-0.15, -0.1) is 0 Å². The second-order valence-electron chi connectivity index (χ2n) is 4.34. The summed E-state index contributed by atoms with van der Waals surface area (Å²) in [6.45, 7) is 12.4. The van der Waals surface area contributed by atoms with Gasteiger partial charge in [0.2, 0.25) is 0 Å². The first kappa shape index (κ1) is 13.9. The van der Waals surface area contributed by atoms with Gasteiger partial charge in [0.05, 0.1) is 5.92 Å². The maximum absolute atomic E-state index is 11.4. The van der Waals surface area contributed by atoms with E-state index in [4.69, 9.17) is 4.74 Å². The summed E-state index contributed by atoms with van der Waals surface area (Å²) in [4.78, 5) is 22.6. The van der Waals surface area contributed by atoms with Gasteiger partial charge in [0, 0.05) is 5.57 Å². The van der Waals surface area contributed by atoms with E-state index >= 15 is 0 Å². The maximum Gasteiger partial charge on any atom is 0.308 e. The molecule has 0 radical (unpaired) electrons. The van der Waals surface area contributed by atoms with Gasteiger partial charge in [0.1, 0.15) is 6.10 Å². The molecule has 0 rings (SSSR count). The Labute approximate surface area is 91.5 Å². The van der Waals surface area contributed by atoms with E-state index in [1.165, 1.54) is 6.92 Å². The van der Waals surface area contributed by atoms with Crippen LogP contribution in [0.5, 0.6) is 0 Å². The van der Waals surface area contributed by atoms with Crippen molar-refractivity contribution in [1.29, 1.82) is 0 Å². The van der Waals surface area contributed by atoms with Crippen molar-refractivity contribution < 1.29 is 14.3 Å².